The number of halogens is 2. The molecule has 3 nitrogen and oxygen atoms in total. The van der Waals surface area contributed by atoms with Gasteiger partial charge < -0.3 is 10.3 Å². The van der Waals surface area contributed by atoms with Crippen LogP contribution in [0, 0.1) is 11.6 Å². The molecule has 0 saturated carbocycles. The lowest BCUT2D eigenvalue weighted by molar-refractivity contribution is 0.608. The Balaban J connectivity index is 2.36. The summed E-state index contributed by atoms with van der Waals surface area (Å²) < 4.78 is 29.9. The molecule has 0 aliphatic carbocycles. The van der Waals surface area contributed by atoms with E-state index in [0.29, 0.717) is 22.6 Å². The smallest absolute Gasteiger partial charge is 0.151 e. The van der Waals surface area contributed by atoms with E-state index >= 15 is 0 Å². The van der Waals surface area contributed by atoms with Crippen LogP contribution < -0.4 is 5.73 Å². The van der Waals surface area contributed by atoms with Gasteiger partial charge in [0.15, 0.2) is 5.82 Å². The zero-order valence-electron chi connectivity index (χ0n) is 11.8. The number of fused-ring (bicyclic) bond motifs is 1. The third-order valence-electron chi connectivity index (χ3n) is 3.42. The first-order valence-corrected chi connectivity index (χ1v) is 6.71. The molecule has 0 saturated heterocycles. The van der Waals surface area contributed by atoms with Gasteiger partial charge in [0.2, 0.25) is 0 Å². The average Bonchev–Trinajstić information content (AvgIpc) is 2.79. The molecule has 0 unspecified atom stereocenters. The molecule has 3 rings (SSSR count). The molecule has 0 amide bonds. The van der Waals surface area contributed by atoms with Crippen molar-refractivity contribution in [2.45, 2.75) is 19.9 Å². The fourth-order valence-corrected chi connectivity index (χ4v) is 2.51. The quantitative estimate of drug-likeness (QED) is 0.720. The molecule has 3 aromatic rings. The Morgan fingerprint density at radius 2 is 1.86 bits per heavy atom. The van der Waals surface area contributed by atoms with E-state index in [4.69, 9.17) is 5.73 Å². The van der Waals surface area contributed by atoms with Crippen LogP contribution >= 0.6 is 0 Å². The Hall–Kier alpha value is -2.43. The topological polar surface area (TPSA) is 43.8 Å². The van der Waals surface area contributed by atoms with Gasteiger partial charge in [0.1, 0.15) is 17.2 Å². The number of hydrogen-bond acceptors (Lipinski definition) is 2. The summed E-state index contributed by atoms with van der Waals surface area (Å²) in [5, 5.41) is 0. The first-order chi connectivity index (χ1) is 9.99. The van der Waals surface area contributed by atoms with Crippen molar-refractivity contribution in [1.29, 1.82) is 0 Å². The molecule has 2 N–H and O–H groups in total. The van der Waals surface area contributed by atoms with Crippen molar-refractivity contribution in [3.05, 3.63) is 48.0 Å². The Morgan fingerprint density at radius 3 is 2.52 bits per heavy atom. The fourth-order valence-electron chi connectivity index (χ4n) is 2.51. The fraction of sp³-hybridized carbons (Fsp3) is 0.188. The number of nitrogen functional groups attached to an aromatic ring is 1. The summed E-state index contributed by atoms with van der Waals surface area (Å²) in [7, 11) is 0. The van der Waals surface area contributed by atoms with E-state index in [0.717, 1.165) is 0 Å². The van der Waals surface area contributed by atoms with Crippen molar-refractivity contribution in [2.75, 3.05) is 5.73 Å². The van der Waals surface area contributed by atoms with Crippen molar-refractivity contribution in [2.24, 2.45) is 0 Å². The molecule has 0 spiro atoms. The summed E-state index contributed by atoms with van der Waals surface area (Å²) in [6.45, 7) is 3.90. The first kappa shape index (κ1) is 13.5. The highest BCUT2D eigenvalue weighted by Gasteiger charge is 2.19. The Labute approximate surface area is 121 Å². The highest BCUT2D eigenvalue weighted by atomic mass is 19.1. The molecule has 0 aliphatic heterocycles. The molecular weight excluding hydrogens is 272 g/mol. The number of nitrogens with two attached hydrogens (primary N) is 1. The molecule has 1 aromatic heterocycles. The zero-order valence-corrected chi connectivity index (χ0v) is 11.8. The minimum Gasteiger partial charge on any atom is -0.399 e. The molecular formula is C16H15F2N3. The van der Waals surface area contributed by atoms with Crippen LogP contribution in [0.1, 0.15) is 19.9 Å². The number of nitrogens with zero attached hydrogens (tertiary/aromatic N) is 2. The predicted molar refractivity (Wildman–Crippen MR) is 79.9 cm³/mol. The Kier molecular flexibility index (Phi) is 3.12. The zero-order chi connectivity index (χ0) is 15.1. The summed E-state index contributed by atoms with van der Waals surface area (Å²) in [5.74, 6) is -0.473. The van der Waals surface area contributed by atoms with E-state index in [1.807, 2.05) is 18.4 Å². The van der Waals surface area contributed by atoms with Gasteiger partial charge in [0.25, 0.3) is 0 Å². The van der Waals surface area contributed by atoms with Gasteiger partial charge in [-0.1, -0.05) is 6.07 Å². The third-order valence-corrected chi connectivity index (χ3v) is 3.42. The van der Waals surface area contributed by atoms with E-state index in [1.165, 1.54) is 12.1 Å². The van der Waals surface area contributed by atoms with Crippen molar-refractivity contribution >= 4 is 16.7 Å². The van der Waals surface area contributed by atoms with Gasteiger partial charge in [-0.05, 0) is 44.2 Å². The highest BCUT2D eigenvalue weighted by Crippen LogP contribution is 2.31. The van der Waals surface area contributed by atoms with Crippen molar-refractivity contribution in [1.82, 2.24) is 9.55 Å². The Morgan fingerprint density at radius 1 is 1.10 bits per heavy atom. The van der Waals surface area contributed by atoms with Crippen LogP contribution in [0.3, 0.4) is 0 Å². The second-order valence-electron chi connectivity index (χ2n) is 5.25. The van der Waals surface area contributed by atoms with Crippen LogP contribution in [0.5, 0.6) is 0 Å². The summed E-state index contributed by atoms with van der Waals surface area (Å²) in [6.07, 6.45) is 0. The minimum absolute atomic E-state index is 0.0174. The van der Waals surface area contributed by atoms with Crippen molar-refractivity contribution < 1.29 is 8.78 Å². The highest BCUT2D eigenvalue weighted by molar-refractivity contribution is 5.81. The normalized spacial score (nSPS) is 11.5. The van der Waals surface area contributed by atoms with Crippen LogP contribution in [0.2, 0.25) is 0 Å². The monoisotopic (exact) mass is 287 g/mol. The molecule has 5 heteroatoms. The third kappa shape index (κ3) is 2.14. The molecule has 2 aromatic carbocycles. The van der Waals surface area contributed by atoms with Gasteiger partial charge in [-0.3, -0.25) is 0 Å². The molecule has 0 atom stereocenters. The van der Waals surface area contributed by atoms with Crippen LogP contribution in [-0.2, 0) is 0 Å². The lowest BCUT2D eigenvalue weighted by Gasteiger charge is -2.13. The van der Waals surface area contributed by atoms with Gasteiger partial charge in [-0.25, -0.2) is 13.8 Å². The second kappa shape index (κ2) is 4.84. The van der Waals surface area contributed by atoms with Crippen LogP contribution in [0.4, 0.5) is 14.5 Å². The van der Waals surface area contributed by atoms with Crippen LogP contribution in [-0.4, -0.2) is 9.55 Å². The number of benzene rings is 2. The lowest BCUT2D eigenvalue weighted by Crippen LogP contribution is -2.04. The molecule has 0 fully saturated rings. The van der Waals surface area contributed by atoms with Crippen molar-refractivity contribution in [3.8, 4) is 11.4 Å². The first-order valence-electron chi connectivity index (χ1n) is 6.71. The largest absolute Gasteiger partial charge is 0.399 e. The molecule has 108 valence electrons. The van der Waals surface area contributed by atoms with Crippen LogP contribution in [0.15, 0.2) is 36.4 Å². The number of imidazole rings is 1. The van der Waals surface area contributed by atoms with Gasteiger partial charge in [-0.15, -0.1) is 0 Å². The van der Waals surface area contributed by atoms with E-state index < -0.39 is 11.6 Å². The summed E-state index contributed by atoms with van der Waals surface area (Å²) >= 11 is 0. The number of hydrogen-bond donors (Lipinski definition) is 1. The van der Waals surface area contributed by atoms with Gasteiger partial charge in [-0.2, -0.15) is 0 Å². The van der Waals surface area contributed by atoms with Gasteiger partial charge >= 0.3 is 0 Å². The average molecular weight is 287 g/mol. The SMILES string of the molecule is CC(C)n1c(-c2ccc(N)cc2F)nc2c(F)cccc21. The number of anilines is 1. The summed E-state index contributed by atoms with van der Waals surface area (Å²) in [4.78, 5) is 4.30. The van der Waals surface area contributed by atoms with E-state index in [-0.39, 0.29) is 11.6 Å². The molecule has 0 radical (unpaired) electrons. The standard InChI is InChI=1S/C16H15F2N3/c1-9(2)21-14-5-3-4-12(17)15(14)20-16(21)11-7-6-10(19)8-13(11)18/h3-9H,19H2,1-2H3. The summed E-state index contributed by atoms with van der Waals surface area (Å²) in [6, 6.07) is 9.20. The van der Waals surface area contributed by atoms with Crippen LogP contribution in [0.25, 0.3) is 22.4 Å². The molecule has 1 heterocycles. The maximum absolute atomic E-state index is 14.2. The molecule has 0 aliphatic rings. The minimum atomic E-state index is -0.465. The Bertz CT molecular complexity index is 822. The summed E-state index contributed by atoms with van der Waals surface area (Å²) in [5.41, 5.74) is 7.13. The van der Waals surface area contributed by atoms with E-state index in [2.05, 4.69) is 4.98 Å². The van der Waals surface area contributed by atoms with Gasteiger partial charge in [0, 0.05) is 11.7 Å². The van der Waals surface area contributed by atoms with E-state index in [9.17, 15) is 8.78 Å². The molecule has 0 bridgehead atoms. The second-order valence-corrected chi connectivity index (χ2v) is 5.25. The van der Waals surface area contributed by atoms with Crippen molar-refractivity contribution in [3.63, 3.8) is 0 Å². The molecule has 21 heavy (non-hydrogen) atoms. The maximum atomic E-state index is 14.2. The number of aromatic nitrogens is 2. The number of para-hydroxylation sites is 1. The maximum Gasteiger partial charge on any atom is 0.151 e. The predicted octanol–water partition coefficient (Wildman–Crippen LogP) is 4.14. The number of rotatable bonds is 2. The van der Waals surface area contributed by atoms with E-state index in [1.54, 1.807) is 24.3 Å². The lowest BCUT2D eigenvalue weighted by atomic mass is 10.1. The van der Waals surface area contributed by atoms with Gasteiger partial charge in [0.05, 0.1) is 11.1 Å².